The van der Waals surface area contributed by atoms with E-state index < -0.39 is 21.7 Å². The van der Waals surface area contributed by atoms with Crippen LogP contribution in [-0.2, 0) is 14.8 Å². The van der Waals surface area contributed by atoms with Gasteiger partial charge in [0.15, 0.2) is 5.96 Å². The standard InChI is InChI=1S/C17H28ClN5O4S.HI/c1-17(2,3)27-16(24)22-9-8-20-15(19-4)21-10-11-23-28(25,26)14-7-5-6-13(18)12-14;/h5-7,12,23H,8-11H2,1-4H3,(H,22,24)(H2,19,20,21);1H. The molecule has 0 saturated carbocycles. The minimum Gasteiger partial charge on any atom is -0.444 e. The number of carbonyl (C=O) groups is 1. The third-order valence-electron chi connectivity index (χ3n) is 3.13. The van der Waals surface area contributed by atoms with Gasteiger partial charge in [-0.25, -0.2) is 17.9 Å². The van der Waals surface area contributed by atoms with E-state index in [1.54, 1.807) is 40.0 Å². The van der Waals surface area contributed by atoms with Crippen molar-refractivity contribution < 1.29 is 17.9 Å². The second-order valence-electron chi connectivity index (χ2n) is 6.71. The third kappa shape index (κ3) is 12.1. The second-order valence-corrected chi connectivity index (χ2v) is 8.91. The summed E-state index contributed by atoms with van der Waals surface area (Å²) in [4.78, 5) is 15.7. The third-order valence-corrected chi connectivity index (χ3v) is 4.82. The first-order valence-corrected chi connectivity index (χ1v) is 10.6. The Labute approximate surface area is 194 Å². The summed E-state index contributed by atoms with van der Waals surface area (Å²) < 4.78 is 32.0. The van der Waals surface area contributed by atoms with Crippen molar-refractivity contribution in [2.75, 3.05) is 33.2 Å². The fraction of sp³-hybridized carbons (Fsp3) is 0.529. The molecule has 1 amide bonds. The predicted octanol–water partition coefficient (Wildman–Crippen LogP) is 1.93. The number of alkyl carbamates (subject to hydrolysis) is 1. The highest BCUT2D eigenvalue weighted by molar-refractivity contribution is 14.0. The van der Waals surface area contributed by atoms with Crippen molar-refractivity contribution in [1.82, 2.24) is 20.7 Å². The van der Waals surface area contributed by atoms with Crippen LogP contribution in [0.3, 0.4) is 0 Å². The van der Waals surface area contributed by atoms with Crippen LogP contribution < -0.4 is 20.7 Å². The Hall–Kier alpha value is -1.31. The molecule has 0 saturated heterocycles. The minimum atomic E-state index is -3.63. The van der Waals surface area contributed by atoms with E-state index in [9.17, 15) is 13.2 Å². The number of amides is 1. The molecule has 4 N–H and O–H groups in total. The Bertz CT molecular complexity index is 784. The first-order chi connectivity index (χ1) is 13.0. The summed E-state index contributed by atoms with van der Waals surface area (Å²) in [5.74, 6) is 0.480. The van der Waals surface area contributed by atoms with Gasteiger partial charge in [0.1, 0.15) is 5.60 Å². The summed E-state index contributed by atoms with van der Waals surface area (Å²) in [6.07, 6.45) is -0.493. The summed E-state index contributed by atoms with van der Waals surface area (Å²) in [7, 11) is -2.04. The fourth-order valence-corrected chi connectivity index (χ4v) is 3.30. The number of carbonyl (C=O) groups excluding carboxylic acids is 1. The van der Waals surface area contributed by atoms with Gasteiger partial charge in [0.05, 0.1) is 4.90 Å². The van der Waals surface area contributed by atoms with Gasteiger partial charge < -0.3 is 20.7 Å². The lowest BCUT2D eigenvalue weighted by Crippen LogP contribution is -2.44. The number of nitrogens with one attached hydrogen (secondary N) is 4. The molecule has 0 atom stereocenters. The molecule has 0 aromatic heterocycles. The number of ether oxygens (including phenoxy) is 1. The lowest BCUT2D eigenvalue weighted by atomic mass is 10.2. The zero-order chi connectivity index (χ0) is 21.2. The predicted molar refractivity (Wildman–Crippen MR) is 126 cm³/mol. The van der Waals surface area contributed by atoms with E-state index >= 15 is 0 Å². The summed E-state index contributed by atoms with van der Waals surface area (Å²) in [5, 5.41) is 8.94. The van der Waals surface area contributed by atoms with Gasteiger partial charge in [-0.05, 0) is 39.0 Å². The number of hydrogen-bond donors (Lipinski definition) is 4. The van der Waals surface area contributed by atoms with Crippen molar-refractivity contribution in [2.45, 2.75) is 31.3 Å². The summed E-state index contributed by atoms with van der Waals surface area (Å²) in [6.45, 7) is 6.61. The molecular formula is C17H29ClIN5O4S. The number of nitrogens with zero attached hydrogens (tertiary/aromatic N) is 1. The van der Waals surface area contributed by atoms with Gasteiger partial charge >= 0.3 is 6.09 Å². The summed E-state index contributed by atoms with van der Waals surface area (Å²) in [5.41, 5.74) is -0.548. The maximum absolute atomic E-state index is 12.2. The number of sulfonamides is 1. The number of halogens is 2. The first-order valence-electron chi connectivity index (χ1n) is 8.70. The Balaban J connectivity index is 0.00000784. The van der Waals surface area contributed by atoms with Crippen LogP contribution in [0.4, 0.5) is 4.79 Å². The van der Waals surface area contributed by atoms with Crippen LogP contribution in [0.5, 0.6) is 0 Å². The van der Waals surface area contributed by atoms with Gasteiger partial charge in [-0.15, -0.1) is 24.0 Å². The molecule has 0 unspecified atom stereocenters. The second kappa shape index (κ2) is 13.1. The molecule has 166 valence electrons. The molecule has 0 spiro atoms. The zero-order valence-corrected chi connectivity index (χ0v) is 20.8. The molecule has 12 heteroatoms. The lowest BCUT2D eigenvalue weighted by molar-refractivity contribution is 0.0529. The van der Waals surface area contributed by atoms with Gasteiger partial charge in [-0.3, -0.25) is 4.99 Å². The van der Waals surface area contributed by atoms with Crippen LogP contribution in [0, 0.1) is 0 Å². The molecule has 0 aliphatic carbocycles. The smallest absolute Gasteiger partial charge is 0.407 e. The number of benzene rings is 1. The van der Waals surface area contributed by atoms with E-state index in [1.807, 2.05) is 0 Å². The normalized spacial score (nSPS) is 12.0. The number of rotatable bonds is 8. The van der Waals surface area contributed by atoms with Crippen LogP contribution in [0.1, 0.15) is 20.8 Å². The van der Waals surface area contributed by atoms with Gasteiger partial charge in [-0.1, -0.05) is 17.7 Å². The van der Waals surface area contributed by atoms with Gasteiger partial charge in [0.25, 0.3) is 0 Å². The molecule has 0 aliphatic rings. The SMILES string of the molecule is CN=C(NCCNC(=O)OC(C)(C)C)NCCNS(=O)(=O)c1cccc(Cl)c1.I. The highest BCUT2D eigenvalue weighted by Crippen LogP contribution is 2.14. The van der Waals surface area contributed by atoms with Gasteiger partial charge in [-0.2, -0.15) is 0 Å². The molecule has 0 fully saturated rings. The highest BCUT2D eigenvalue weighted by atomic mass is 127. The van der Waals surface area contributed by atoms with E-state index in [2.05, 4.69) is 25.7 Å². The zero-order valence-electron chi connectivity index (χ0n) is 16.9. The molecule has 1 rings (SSSR count). The van der Waals surface area contributed by atoms with Crippen molar-refractivity contribution in [3.05, 3.63) is 29.3 Å². The van der Waals surface area contributed by atoms with Crippen LogP contribution >= 0.6 is 35.6 Å². The van der Waals surface area contributed by atoms with E-state index in [-0.39, 0.29) is 35.4 Å². The average Bonchev–Trinajstić information content (AvgIpc) is 2.58. The maximum atomic E-state index is 12.2. The van der Waals surface area contributed by atoms with E-state index in [0.717, 1.165) is 0 Å². The Kier molecular flexibility index (Phi) is 12.5. The summed E-state index contributed by atoms with van der Waals surface area (Å²) in [6, 6.07) is 6.04. The van der Waals surface area contributed by atoms with E-state index in [1.165, 1.54) is 12.1 Å². The molecule has 0 bridgehead atoms. The first kappa shape index (κ1) is 27.7. The molecule has 29 heavy (non-hydrogen) atoms. The van der Waals surface area contributed by atoms with Crippen molar-refractivity contribution in [1.29, 1.82) is 0 Å². The largest absolute Gasteiger partial charge is 0.444 e. The molecule has 9 nitrogen and oxygen atoms in total. The summed E-state index contributed by atoms with van der Waals surface area (Å²) >= 11 is 5.82. The molecule has 0 radical (unpaired) electrons. The van der Waals surface area contributed by atoms with Crippen molar-refractivity contribution in [2.24, 2.45) is 4.99 Å². The lowest BCUT2D eigenvalue weighted by Gasteiger charge is -2.20. The fourth-order valence-electron chi connectivity index (χ4n) is 1.96. The van der Waals surface area contributed by atoms with Gasteiger partial charge in [0.2, 0.25) is 10.0 Å². The molecular weight excluding hydrogens is 533 g/mol. The van der Waals surface area contributed by atoms with Crippen molar-refractivity contribution in [3.63, 3.8) is 0 Å². The monoisotopic (exact) mass is 561 g/mol. The van der Waals surface area contributed by atoms with E-state index in [0.29, 0.717) is 30.6 Å². The molecule has 0 aliphatic heterocycles. The van der Waals surface area contributed by atoms with Crippen LogP contribution in [-0.4, -0.2) is 59.3 Å². The van der Waals surface area contributed by atoms with Crippen LogP contribution in [0.2, 0.25) is 5.02 Å². The van der Waals surface area contributed by atoms with Crippen molar-refractivity contribution in [3.8, 4) is 0 Å². The number of hydrogen-bond acceptors (Lipinski definition) is 5. The Morgan fingerprint density at radius 3 is 2.24 bits per heavy atom. The topological polar surface area (TPSA) is 121 Å². The van der Waals surface area contributed by atoms with Gasteiger partial charge in [0, 0.05) is 38.2 Å². The highest BCUT2D eigenvalue weighted by Gasteiger charge is 2.15. The molecule has 0 heterocycles. The Morgan fingerprint density at radius 1 is 1.10 bits per heavy atom. The average molecular weight is 562 g/mol. The maximum Gasteiger partial charge on any atom is 0.407 e. The van der Waals surface area contributed by atoms with E-state index in [4.69, 9.17) is 16.3 Å². The molecule has 1 aromatic carbocycles. The van der Waals surface area contributed by atoms with Crippen molar-refractivity contribution >= 4 is 57.7 Å². The van der Waals surface area contributed by atoms with Crippen LogP contribution in [0.15, 0.2) is 34.2 Å². The van der Waals surface area contributed by atoms with Crippen LogP contribution in [0.25, 0.3) is 0 Å². The Morgan fingerprint density at radius 2 is 1.69 bits per heavy atom. The number of guanidine groups is 1. The minimum absolute atomic E-state index is 0. The number of aliphatic imine (C=N–C) groups is 1. The molecule has 1 aromatic rings. The quantitative estimate of drug-likeness (QED) is 0.167.